The van der Waals surface area contributed by atoms with Crippen molar-refractivity contribution in [2.75, 3.05) is 20.7 Å². The molecule has 1 saturated carbocycles. The van der Waals surface area contributed by atoms with Gasteiger partial charge in [-0.15, -0.1) is 0 Å². The van der Waals surface area contributed by atoms with Gasteiger partial charge in [0.15, 0.2) is 0 Å². The molecule has 1 N–H and O–H groups in total. The van der Waals surface area contributed by atoms with E-state index in [0.29, 0.717) is 6.54 Å². The molecule has 3 rings (SSSR count). The molecule has 0 bridgehead atoms. The summed E-state index contributed by atoms with van der Waals surface area (Å²) in [5, 5.41) is 3.13. The minimum Gasteiger partial charge on any atom is -0.493 e. The van der Waals surface area contributed by atoms with Crippen molar-refractivity contribution >= 4 is 11.8 Å². The van der Waals surface area contributed by atoms with E-state index in [0.717, 1.165) is 43.6 Å². The lowest BCUT2D eigenvalue weighted by Crippen LogP contribution is -2.49. The highest BCUT2D eigenvalue weighted by molar-refractivity contribution is 5.87. The molecule has 0 saturated heterocycles. The topological polar surface area (TPSA) is 58.6 Å². The molecular weight excluding hydrogens is 340 g/mol. The van der Waals surface area contributed by atoms with Gasteiger partial charge in [0.1, 0.15) is 5.75 Å². The minimum atomic E-state index is -0.555. The first-order chi connectivity index (χ1) is 12.7. The van der Waals surface area contributed by atoms with Gasteiger partial charge in [0.2, 0.25) is 11.8 Å². The van der Waals surface area contributed by atoms with Crippen molar-refractivity contribution in [3.05, 3.63) is 29.3 Å². The SMILES string of the molecule is CN(C)C(=O)[C@@H]1CC[C@](C)(C(=O)NCc2ccc3c(c2)CCCO3)C1(C)C. The summed E-state index contributed by atoms with van der Waals surface area (Å²) in [5.41, 5.74) is 1.37. The van der Waals surface area contributed by atoms with Gasteiger partial charge in [0, 0.05) is 26.6 Å². The Morgan fingerprint density at radius 3 is 2.70 bits per heavy atom. The quantitative estimate of drug-likeness (QED) is 0.883. The largest absolute Gasteiger partial charge is 0.493 e. The number of nitrogens with zero attached hydrogens (tertiary/aromatic N) is 1. The number of hydrogen-bond acceptors (Lipinski definition) is 3. The Kier molecular flexibility index (Phi) is 5.24. The van der Waals surface area contributed by atoms with Crippen LogP contribution in [0.1, 0.15) is 51.2 Å². The Balaban J connectivity index is 1.69. The molecule has 1 aliphatic heterocycles. The molecule has 1 aliphatic carbocycles. The normalized spacial score (nSPS) is 26.0. The number of amides is 2. The molecule has 148 valence electrons. The Morgan fingerprint density at radius 1 is 1.26 bits per heavy atom. The zero-order valence-electron chi connectivity index (χ0n) is 17.2. The third-order valence-electron chi connectivity index (χ3n) is 6.89. The summed E-state index contributed by atoms with van der Waals surface area (Å²) >= 11 is 0. The number of nitrogens with one attached hydrogen (secondary N) is 1. The predicted molar refractivity (Wildman–Crippen MR) is 105 cm³/mol. The van der Waals surface area contributed by atoms with E-state index in [1.165, 1.54) is 5.56 Å². The second-order valence-corrected chi connectivity index (χ2v) is 8.95. The van der Waals surface area contributed by atoms with Crippen LogP contribution in [0.15, 0.2) is 18.2 Å². The molecular formula is C22H32N2O3. The Bertz CT molecular complexity index is 741. The fourth-order valence-electron chi connectivity index (χ4n) is 4.55. The van der Waals surface area contributed by atoms with Gasteiger partial charge in [-0.25, -0.2) is 0 Å². The van der Waals surface area contributed by atoms with Gasteiger partial charge in [-0.2, -0.15) is 0 Å². The molecule has 1 fully saturated rings. The summed E-state index contributed by atoms with van der Waals surface area (Å²) in [6.45, 7) is 7.41. The number of ether oxygens (including phenoxy) is 1. The summed E-state index contributed by atoms with van der Waals surface area (Å²) in [6.07, 6.45) is 3.55. The highest BCUT2D eigenvalue weighted by atomic mass is 16.5. The first kappa shape index (κ1) is 19.7. The Labute approximate surface area is 162 Å². The van der Waals surface area contributed by atoms with E-state index in [-0.39, 0.29) is 23.1 Å². The number of rotatable bonds is 4. The molecule has 1 aromatic rings. The van der Waals surface area contributed by atoms with Gasteiger partial charge < -0.3 is 15.0 Å². The number of benzene rings is 1. The van der Waals surface area contributed by atoms with E-state index in [9.17, 15) is 9.59 Å². The lowest BCUT2D eigenvalue weighted by Gasteiger charge is -2.40. The summed E-state index contributed by atoms with van der Waals surface area (Å²) in [6, 6.07) is 6.16. The second-order valence-electron chi connectivity index (χ2n) is 8.95. The van der Waals surface area contributed by atoms with E-state index in [1.54, 1.807) is 19.0 Å². The van der Waals surface area contributed by atoms with Crippen molar-refractivity contribution in [1.29, 1.82) is 0 Å². The summed E-state index contributed by atoms with van der Waals surface area (Å²) < 4.78 is 5.66. The fourth-order valence-corrected chi connectivity index (χ4v) is 4.55. The summed E-state index contributed by atoms with van der Waals surface area (Å²) in [5.74, 6) is 0.996. The molecule has 0 spiro atoms. The first-order valence-electron chi connectivity index (χ1n) is 9.91. The van der Waals surface area contributed by atoms with Crippen LogP contribution in [0.25, 0.3) is 0 Å². The van der Waals surface area contributed by atoms with Crippen LogP contribution in [0.5, 0.6) is 5.75 Å². The molecule has 27 heavy (non-hydrogen) atoms. The second kappa shape index (κ2) is 7.17. The van der Waals surface area contributed by atoms with Gasteiger partial charge in [-0.3, -0.25) is 9.59 Å². The van der Waals surface area contributed by atoms with Gasteiger partial charge in [-0.05, 0) is 48.3 Å². The standard InChI is InChI=1S/C22H32N2O3/c1-21(2)17(19(25)24(4)5)10-11-22(21,3)20(26)23-14-15-8-9-18-16(13-15)7-6-12-27-18/h8-9,13,17H,6-7,10-12,14H2,1-5H3,(H,23,26)/t17-,22+/m0/s1. The van der Waals surface area contributed by atoms with Crippen LogP contribution >= 0.6 is 0 Å². The number of carbonyl (C=O) groups is 2. The Hall–Kier alpha value is -2.04. The lowest BCUT2D eigenvalue weighted by atomic mass is 9.65. The molecule has 2 aliphatic rings. The molecule has 0 radical (unpaired) electrons. The zero-order chi connectivity index (χ0) is 19.8. The van der Waals surface area contributed by atoms with Crippen LogP contribution < -0.4 is 10.1 Å². The van der Waals surface area contributed by atoms with Crippen molar-refractivity contribution in [2.45, 2.75) is 53.0 Å². The third-order valence-corrected chi connectivity index (χ3v) is 6.89. The van der Waals surface area contributed by atoms with E-state index < -0.39 is 5.41 Å². The maximum atomic E-state index is 13.1. The van der Waals surface area contributed by atoms with Crippen LogP contribution in [0.4, 0.5) is 0 Å². The average Bonchev–Trinajstić information content (AvgIpc) is 2.89. The molecule has 2 atom stereocenters. The highest BCUT2D eigenvalue weighted by Gasteiger charge is 2.58. The van der Waals surface area contributed by atoms with Crippen molar-refractivity contribution < 1.29 is 14.3 Å². The zero-order valence-corrected chi connectivity index (χ0v) is 17.2. The molecule has 0 unspecified atom stereocenters. The molecule has 0 aromatic heterocycles. The smallest absolute Gasteiger partial charge is 0.226 e. The number of hydrogen-bond donors (Lipinski definition) is 1. The van der Waals surface area contributed by atoms with Gasteiger partial charge in [-0.1, -0.05) is 32.9 Å². The first-order valence-corrected chi connectivity index (χ1v) is 9.91. The number of carbonyl (C=O) groups excluding carboxylic acids is 2. The van der Waals surface area contributed by atoms with Crippen LogP contribution in [0.2, 0.25) is 0 Å². The van der Waals surface area contributed by atoms with Crippen molar-refractivity contribution in [1.82, 2.24) is 10.2 Å². The van der Waals surface area contributed by atoms with Crippen LogP contribution in [-0.2, 0) is 22.6 Å². The summed E-state index contributed by atoms with van der Waals surface area (Å²) in [4.78, 5) is 27.3. The van der Waals surface area contributed by atoms with E-state index >= 15 is 0 Å². The maximum Gasteiger partial charge on any atom is 0.226 e. The number of aryl methyl sites for hydroxylation is 1. The van der Waals surface area contributed by atoms with Gasteiger partial charge >= 0.3 is 0 Å². The fraction of sp³-hybridized carbons (Fsp3) is 0.636. The van der Waals surface area contributed by atoms with Gasteiger partial charge in [0.05, 0.1) is 12.0 Å². The minimum absolute atomic E-state index is 0.0375. The van der Waals surface area contributed by atoms with Crippen LogP contribution in [-0.4, -0.2) is 37.4 Å². The predicted octanol–water partition coefficient (Wildman–Crippen LogP) is 3.16. The van der Waals surface area contributed by atoms with E-state index in [2.05, 4.69) is 25.2 Å². The van der Waals surface area contributed by atoms with Crippen molar-refractivity contribution in [3.63, 3.8) is 0 Å². The lowest BCUT2D eigenvalue weighted by molar-refractivity contribution is -0.142. The maximum absolute atomic E-state index is 13.1. The van der Waals surface area contributed by atoms with Gasteiger partial charge in [0.25, 0.3) is 0 Å². The third kappa shape index (κ3) is 3.44. The van der Waals surface area contributed by atoms with E-state index in [1.807, 2.05) is 19.1 Å². The van der Waals surface area contributed by atoms with Crippen LogP contribution in [0, 0.1) is 16.7 Å². The van der Waals surface area contributed by atoms with Crippen molar-refractivity contribution in [2.24, 2.45) is 16.7 Å². The van der Waals surface area contributed by atoms with Crippen molar-refractivity contribution in [3.8, 4) is 5.75 Å². The number of fused-ring (bicyclic) bond motifs is 1. The van der Waals surface area contributed by atoms with E-state index in [4.69, 9.17) is 4.74 Å². The summed E-state index contributed by atoms with van der Waals surface area (Å²) in [7, 11) is 3.57. The highest BCUT2D eigenvalue weighted by Crippen LogP contribution is 2.56. The molecule has 1 heterocycles. The Morgan fingerprint density at radius 2 is 2.00 bits per heavy atom. The molecule has 2 amide bonds. The average molecular weight is 373 g/mol. The molecule has 5 heteroatoms. The van der Waals surface area contributed by atoms with Crippen LogP contribution in [0.3, 0.4) is 0 Å². The molecule has 1 aromatic carbocycles. The monoisotopic (exact) mass is 372 g/mol. The molecule has 5 nitrogen and oxygen atoms in total.